The van der Waals surface area contributed by atoms with E-state index in [1.54, 1.807) is 18.2 Å². The molecule has 0 aliphatic carbocycles. The molecule has 0 saturated carbocycles. The molecule has 20 heavy (non-hydrogen) atoms. The molecule has 0 aromatic heterocycles. The van der Waals surface area contributed by atoms with E-state index >= 15 is 0 Å². The molecule has 0 aliphatic heterocycles. The SMILES string of the molecule is N#Cc1ccccc1OC(=O)COc1ccccc1F. The standard InChI is InChI=1S/C15H10FNO3/c16-12-6-2-4-8-14(12)19-10-15(18)20-13-7-3-1-5-11(13)9-17/h1-8H,10H2. The molecular formula is C15H10FNO3. The molecule has 0 spiro atoms. The summed E-state index contributed by atoms with van der Waals surface area (Å²) >= 11 is 0. The zero-order valence-corrected chi connectivity index (χ0v) is 10.4. The highest BCUT2D eigenvalue weighted by molar-refractivity contribution is 5.74. The van der Waals surface area contributed by atoms with E-state index < -0.39 is 18.4 Å². The molecule has 0 fully saturated rings. The van der Waals surface area contributed by atoms with Gasteiger partial charge in [0.05, 0.1) is 5.56 Å². The number of para-hydroxylation sites is 2. The molecule has 5 heteroatoms. The number of carbonyl (C=O) groups excluding carboxylic acids is 1. The van der Waals surface area contributed by atoms with E-state index in [2.05, 4.69) is 0 Å². The molecule has 2 rings (SSSR count). The Labute approximate surface area is 115 Å². The van der Waals surface area contributed by atoms with Crippen molar-refractivity contribution in [3.8, 4) is 17.6 Å². The molecule has 0 N–H and O–H groups in total. The molecule has 0 atom stereocenters. The average molecular weight is 271 g/mol. The van der Waals surface area contributed by atoms with Crippen LogP contribution < -0.4 is 9.47 Å². The number of benzene rings is 2. The van der Waals surface area contributed by atoms with Gasteiger partial charge in [-0.3, -0.25) is 0 Å². The second kappa shape index (κ2) is 6.34. The van der Waals surface area contributed by atoms with Crippen molar-refractivity contribution in [2.24, 2.45) is 0 Å². The van der Waals surface area contributed by atoms with Crippen molar-refractivity contribution >= 4 is 5.97 Å². The number of rotatable bonds is 4. The van der Waals surface area contributed by atoms with Crippen LogP contribution in [-0.2, 0) is 4.79 Å². The van der Waals surface area contributed by atoms with E-state index in [-0.39, 0.29) is 17.1 Å². The lowest BCUT2D eigenvalue weighted by atomic mass is 10.2. The highest BCUT2D eigenvalue weighted by Gasteiger charge is 2.10. The molecule has 0 unspecified atom stereocenters. The summed E-state index contributed by atoms with van der Waals surface area (Å²) in [5, 5.41) is 8.85. The number of ether oxygens (including phenoxy) is 2. The predicted octanol–water partition coefficient (Wildman–Crippen LogP) is 2.68. The fourth-order valence-electron chi connectivity index (χ4n) is 1.50. The van der Waals surface area contributed by atoms with Crippen LogP contribution in [-0.4, -0.2) is 12.6 Å². The van der Waals surface area contributed by atoms with E-state index in [1.807, 2.05) is 6.07 Å². The first-order chi connectivity index (χ1) is 9.70. The Morgan fingerprint density at radius 1 is 1.10 bits per heavy atom. The fourth-order valence-corrected chi connectivity index (χ4v) is 1.50. The highest BCUT2D eigenvalue weighted by Crippen LogP contribution is 2.18. The Balaban J connectivity index is 1.97. The first kappa shape index (κ1) is 13.6. The van der Waals surface area contributed by atoms with Crippen molar-refractivity contribution in [1.29, 1.82) is 5.26 Å². The summed E-state index contributed by atoms with van der Waals surface area (Å²) in [6.07, 6.45) is 0. The third-order valence-corrected chi connectivity index (χ3v) is 2.41. The van der Waals surface area contributed by atoms with Crippen molar-refractivity contribution in [3.05, 3.63) is 59.9 Å². The molecular weight excluding hydrogens is 261 g/mol. The third kappa shape index (κ3) is 3.33. The monoisotopic (exact) mass is 271 g/mol. The van der Waals surface area contributed by atoms with E-state index in [9.17, 15) is 9.18 Å². The minimum atomic E-state index is -0.712. The van der Waals surface area contributed by atoms with Crippen LogP contribution in [0.5, 0.6) is 11.5 Å². The zero-order chi connectivity index (χ0) is 14.4. The van der Waals surface area contributed by atoms with Gasteiger partial charge in [-0.25, -0.2) is 9.18 Å². The lowest BCUT2D eigenvalue weighted by Crippen LogP contribution is -2.18. The lowest BCUT2D eigenvalue weighted by Gasteiger charge is -2.08. The molecule has 0 radical (unpaired) electrons. The highest BCUT2D eigenvalue weighted by atomic mass is 19.1. The van der Waals surface area contributed by atoms with Crippen LogP contribution in [0.1, 0.15) is 5.56 Å². The van der Waals surface area contributed by atoms with Gasteiger partial charge in [0.25, 0.3) is 0 Å². The van der Waals surface area contributed by atoms with Crippen LogP contribution in [0.25, 0.3) is 0 Å². The number of hydrogen-bond donors (Lipinski definition) is 0. The second-order valence-electron chi connectivity index (χ2n) is 3.80. The largest absolute Gasteiger partial charge is 0.479 e. The predicted molar refractivity (Wildman–Crippen MR) is 68.7 cm³/mol. The van der Waals surface area contributed by atoms with Gasteiger partial charge in [0.1, 0.15) is 11.8 Å². The van der Waals surface area contributed by atoms with Crippen LogP contribution in [0.2, 0.25) is 0 Å². The van der Waals surface area contributed by atoms with E-state index in [1.165, 1.54) is 30.3 Å². The zero-order valence-electron chi connectivity index (χ0n) is 10.4. The third-order valence-electron chi connectivity index (χ3n) is 2.41. The minimum Gasteiger partial charge on any atom is -0.479 e. The normalized spacial score (nSPS) is 9.60. The number of halogens is 1. The number of carbonyl (C=O) groups is 1. The first-order valence-electron chi connectivity index (χ1n) is 5.78. The smallest absolute Gasteiger partial charge is 0.349 e. The maximum Gasteiger partial charge on any atom is 0.349 e. The fraction of sp³-hybridized carbons (Fsp3) is 0.0667. The molecule has 4 nitrogen and oxygen atoms in total. The molecule has 0 heterocycles. The van der Waals surface area contributed by atoms with Gasteiger partial charge in [0.15, 0.2) is 18.2 Å². The number of esters is 1. The topological polar surface area (TPSA) is 59.3 Å². The summed E-state index contributed by atoms with van der Waals surface area (Å²) in [4.78, 5) is 11.6. The summed E-state index contributed by atoms with van der Waals surface area (Å²) in [5.41, 5.74) is 0.242. The van der Waals surface area contributed by atoms with Crippen LogP contribution in [0, 0.1) is 17.1 Å². The Hall–Kier alpha value is -2.87. The quantitative estimate of drug-likeness (QED) is 0.633. The molecule has 0 amide bonds. The number of nitrogens with zero attached hydrogens (tertiary/aromatic N) is 1. The van der Waals surface area contributed by atoms with Gasteiger partial charge in [-0.15, -0.1) is 0 Å². The van der Waals surface area contributed by atoms with Crippen LogP contribution in [0.4, 0.5) is 4.39 Å². The molecule has 0 saturated heterocycles. The van der Waals surface area contributed by atoms with Crippen molar-refractivity contribution in [2.45, 2.75) is 0 Å². The first-order valence-corrected chi connectivity index (χ1v) is 5.78. The van der Waals surface area contributed by atoms with Crippen molar-refractivity contribution in [2.75, 3.05) is 6.61 Å². The van der Waals surface area contributed by atoms with Gasteiger partial charge >= 0.3 is 5.97 Å². The maximum absolute atomic E-state index is 13.3. The maximum atomic E-state index is 13.3. The second-order valence-corrected chi connectivity index (χ2v) is 3.80. The van der Waals surface area contributed by atoms with Crippen molar-refractivity contribution in [1.82, 2.24) is 0 Å². The molecule has 100 valence electrons. The summed E-state index contributed by atoms with van der Waals surface area (Å²) < 4.78 is 23.3. The van der Waals surface area contributed by atoms with Gasteiger partial charge in [-0.1, -0.05) is 24.3 Å². The minimum absolute atomic E-state index is 0.0296. The van der Waals surface area contributed by atoms with E-state index in [0.29, 0.717) is 0 Å². The molecule has 0 aliphatic rings. The lowest BCUT2D eigenvalue weighted by molar-refractivity contribution is -0.136. The molecule has 2 aromatic carbocycles. The Morgan fingerprint density at radius 3 is 2.45 bits per heavy atom. The Bertz CT molecular complexity index is 664. The van der Waals surface area contributed by atoms with E-state index in [4.69, 9.17) is 14.7 Å². The average Bonchev–Trinajstić information content (AvgIpc) is 2.47. The van der Waals surface area contributed by atoms with Gasteiger partial charge in [-0.2, -0.15) is 5.26 Å². The van der Waals surface area contributed by atoms with Crippen LogP contribution >= 0.6 is 0 Å². The van der Waals surface area contributed by atoms with E-state index in [0.717, 1.165) is 0 Å². The summed E-state index contributed by atoms with van der Waals surface area (Å²) in [6, 6.07) is 14.0. The van der Waals surface area contributed by atoms with Crippen molar-refractivity contribution < 1.29 is 18.7 Å². The van der Waals surface area contributed by atoms with Gasteiger partial charge in [-0.05, 0) is 24.3 Å². The number of nitriles is 1. The number of hydrogen-bond acceptors (Lipinski definition) is 4. The van der Waals surface area contributed by atoms with Gasteiger partial charge in [0, 0.05) is 0 Å². The summed E-state index contributed by atoms with van der Waals surface area (Å²) in [7, 11) is 0. The molecule has 0 bridgehead atoms. The molecule has 2 aromatic rings. The van der Waals surface area contributed by atoms with Gasteiger partial charge < -0.3 is 9.47 Å². The Kier molecular flexibility index (Phi) is 4.30. The van der Waals surface area contributed by atoms with Crippen LogP contribution in [0.15, 0.2) is 48.5 Å². The summed E-state index contributed by atoms with van der Waals surface area (Å²) in [5.74, 6) is -1.15. The summed E-state index contributed by atoms with van der Waals surface area (Å²) in [6.45, 7) is -0.444. The van der Waals surface area contributed by atoms with Gasteiger partial charge in [0.2, 0.25) is 0 Å². The van der Waals surface area contributed by atoms with Crippen LogP contribution in [0.3, 0.4) is 0 Å². The Morgan fingerprint density at radius 2 is 1.75 bits per heavy atom. The van der Waals surface area contributed by atoms with Crippen molar-refractivity contribution in [3.63, 3.8) is 0 Å².